The Hall–Kier alpha value is -4.26. The van der Waals surface area contributed by atoms with Gasteiger partial charge in [0.1, 0.15) is 5.75 Å². The quantitative estimate of drug-likeness (QED) is 0.469. The Morgan fingerprint density at radius 2 is 1.63 bits per heavy atom. The fraction of sp³-hybridized carbons (Fsp3) is 0.214. The number of benzene rings is 3. The van der Waals surface area contributed by atoms with Gasteiger partial charge in [-0.25, -0.2) is 0 Å². The van der Waals surface area contributed by atoms with E-state index in [2.05, 4.69) is 4.98 Å². The summed E-state index contributed by atoms with van der Waals surface area (Å²) in [5, 5.41) is 0.847. The van der Waals surface area contributed by atoms with Crippen molar-refractivity contribution in [3.8, 4) is 17.2 Å². The van der Waals surface area contributed by atoms with Gasteiger partial charge in [-0.1, -0.05) is 18.2 Å². The van der Waals surface area contributed by atoms with E-state index in [0.717, 1.165) is 16.5 Å². The number of rotatable bonds is 5. The first-order chi connectivity index (χ1) is 17.0. The van der Waals surface area contributed by atoms with E-state index in [4.69, 9.17) is 14.2 Å². The van der Waals surface area contributed by atoms with Gasteiger partial charge in [0.05, 0.1) is 32.9 Å². The molecule has 1 N–H and O–H groups in total. The average Bonchev–Trinajstić information content (AvgIpc) is 2.91. The molecule has 0 bridgehead atoms. The zero-order valence-corrected chi connectivity index (χ0v) is 19.8. The Kier molecular flexibility index (Phi) is 5.91. The third-order valence-corrected chi connectivity index (χ3v) is 6.53. The van der Waals surface area contributed by atoms with Crippen LogP contribution in [0, 0.1) is 0 Å². The highest BCUT2D eigenvalue weighted by Crippen LogP contribution is 2.41. The van der Waals surface area contributed by atoms with Gasteiger partial charge in [0.25, 0.3) is 11.5 Å². The average molecular weight is 471 g/mol. The fourth-order valence-corrected chi connectivity index (χ4v) is 4.77. The topological polar surface area (TPSA) is 80.9 Å². The van der Waals surface area contributed by atoms with Crippen LogP contribution in [0.15, 0.2) is 71.5 Å². The fourth-order valence-electron chi connectivity index (χ4n) is 4.77. The van der Waals surface area contributed by atoms with Crippen LogP contribution in [-0.2, 0) is 6.42 Å². The number of nitrogens with zero attached hydrogens (tertiary/aromatic N) is 1. The van der Waals surface area contributed by atoms with E-state index in [-0.39, 0.29) is 11.5 Å². The molecule has 1 atom stereocenters. The first-order valence-electron chi connectivity index (χ1n) is 11.4. The van der Waals surface area contributed by atoms with E-state index in [1.54, 1.807) is 44.4 Å². The van der Waals surface area contributed by atoms with Crippen molar-refractivity contribution in [1.29, 1.82) is 0 Å². The Labute approximate surface area is 202 Å². The van der Waals surface area contributed by atoms with E-state index in [1.807, 2.05) is 48.5 Å². The standard InChI is InChI=1S/C28H26N2O5/c1-33-20-10-9-19-13-22(27(31)29-23(19)15-20)26-21-16-25(35-3)24(34-2)14-18(21)11-12-30(26)28(32)17-7-5-4-6-8-17/h4-10,13-16,26H,11-12H2,1-3H3,(H,29,31)/t26-/m1/s1. The van der Waals surface area contributed by atoms with Crippen LogP contribution in [-0.4, -0.2) is 43.7 Å². The van der Waals surface area contributed by atoms with Gasteiger partial charge in [-0.2, -0.15) is 0 Å². The molecule has 178 valence electrons. The van der Waals surface area contributed by atoms with E-state index < -0.39 is 6.04 Å². The Bertz CT molecular complexity index is 1460. The van der Waals surface area contributed by atoms with Gasteiger partial charge in [0.15, 0.2) is 11.5 Å². The summed E-state index contributed by atoms with van der Waals surface area (Å²) in [5.74, 6) is 1.69. The normalized spacial score (nSPS) is 14.9. The number of fused-ring (bicyclic) bond motifs is 2. The Morgan fingerprint density at radius 3 is 2.34 bits per heavy atom. The summed E-state index contributed by atoms with van der Waals surface area (Å²) in [6, 6.07) is 19.7. The largest absolute Gasteiger partial charge is 0.497 e. The van der Waals surface area contributed by atoms with E-state index in [1.165, 1.54) is 0 Å². The number of aromatic nitrogens is 1. The lowest BCUT2D eigenvalue weighted by Gasteiger charge is -2.38. The third kappa shape index (κ3) is 3.99. The van der Waals surface area contributed by atoms with Gasteiger partial charge in [-0.3, -0.25) is 9.59 Å². The monoisotopic (exact) mass is 470 g/mol. The number of methoxy groups -OCH3 is 3. The zero-order chi connectivity index (χ0) is 24.5. The van der Waals surface area contributed by atoms with Crippen molar-refractivity contribution in [2.45, 2.75) is 12.5 Å². The molecule has 1 aromatic heterocycles. The molecule has 7 heteroatoms. The zero-order valence-electron chi connectivity index (χ0n) is 19.8. The van der Waals surface area contributed by atoms with Crippen LogP contribution in [0.5, 0.6) is 17.2 Å². The van der Waals surface area contributed by atoms with Gasteiger partial charge in [-0.05, 0) is 65.4 Å². The Balaban J connectivity index is 1.72. The second-order valence-electron chi connectivity index (χ2n) is 8.43. The molecule has 1 amide bonds. The molecule has 1 aliphatic rings. The van der Waals surface area contributed by atoms with Crippen molar-refractivity contribution in [1.82, 2.24) is 9.88 Å². The maximum Gasteiger partial charge on any atom is 0.254 e. The molecule has 0 spiro atoms. The number of carbonyl (C=O) groups is 1. The number of pyridine rings is 1. The molecule has 0 unspecified atom stereocenters. The molecule has 35 heavy (non-hydrogen) atoms. The second-order valence-corrected chi connectivity index (χ2v) is 8.43. The van der Waals surface area contributed by atoms with Crippen molar-refractivity contribution >= 4 is 16.8 Å². The first-order valence-corrected chi connectivity index (χ1v) is 11.4. The lowest BCUT2D eigenvalue weighted by atomic mass is 9.87. The lowest BCUT2D eigenvalue weighted by Crippen LogP contribution is -2.42. The van der Waals surface area contributed by atoms with Crippen molar-refractivity contribution in [3.63, 3.8) is 0 Å². The van der Waals surface area contributed by atoms with E-state index >= 15 is 0 Å². The molecule has 0 saturated carbocycles. The maximum atomic E-state index is 13.7. The maximum absolute atomic E-state index is 13.7. The smallest absolute Gasteiger partial charge is 0.254 e. The summed E-state index contributed by atoms with van der Waals surface area (Å²) >= 11 is 0. The second kappa shape index (κ2) is 9.18. The summed E-state index contributed by atoms with van der Waals surface area (Å²) in [7, 11) is 4.75. The predicted molar refractivity (Wildman–Crippen MR) is 134 cm³/mol. The minimum atomic E-state index is -0.596. The minimum Gasteiger partial charge on any atom is -0.497 e. The highest BCUT2D eigenvalue weighted by atomic mass is 16.5. The van der Waals surface area contributed by atoms with Gasteiger partial charge in [0, 0.05) is 23.7 Å². The number of ether oxygens (including phenoxy) is 3. The summed E-state index contributed by atoms with van der Waals surface area (Å²) in [4.78, 5) is 31.9. The van der Waals surface area contributed by atoms with Crippen molar-refractivity contribution < 1.29 is 19.0 Å². The molecule has 0 saturated heterocycles. The van der Waals surface area contributed by atoms with E-state index in [0.29, 0.717) is 46.9 Å². The summed E-state index contributed by atoms with van der Waals surface area (Å²) in [5.41, 5.74) is 3.32. The highest BCUT2D eigenvalue weighted by Gasteiger charge is 2.35. The van der Waals surface area contributed by atoms with Crippen LogP contribution in [0.2, 0.25) is 0 Å². The van der Waals surface area contributed by atoms with Crippen LogP contribution in [0.1, 0.15) is 33.1 Å². The van der Waals surface area contributed by atoms with Crippen LogP contribution >= 0.6 is 0 Å². The van der Waals surface area contributed by atoms with Crippen molar-refractivity contribution in [2.24, 2.45) is 0 Å². The van der Waals surface area contributed by atoms with Crippen molar-refractivity contribution in [2.75, 3.05) is 27.9 Å². The van der Waals surface area contributed by atoms with Crippen LogP contribution in [0.3, 0.4) is 0 Å². The molecule has 7 nitrogen and oxygen atoms in total. The van der Waals surface area contributed by atoms with Crippen LogP contribution < -0.4 is 19.8 Å². The van der Waals surface area contributed by atoms with E-state index in [9.17, 15) is 9.59 Å². The molecule has 1 aliphatic heterocycles. The van der Waals surface area contributed by atoms with Crippen LogP contribution in [0.25, 0.3) is 10.9 Å². The number of hydrogen-bond acceptors (Lipinski definition) is 5. The highest BCUT2D eigenvalue weighted by molar-refractivity contribution is 5.95. The molecular weight excluding hydrogens is 444 g/mol. The van der Waals surface area contributed by atoms with Gasteiger partial charge in [-0.15, -0.1) is 0 Å². The predicted octanol–water partition coefficient (Wildman–Crippen LogP) is 4.34. The molecule has 0 radical (unpaired) electrons. The van der Waals surface area contributed by atoms with Crippen LogP contribution in [0.4, 0.5) is 0 Å². The number of carbonyl (C=O) groups excluding carboxylic acids is 1. The molecule has 3 aromatic carbocycles. The summed E-state index contributed by atoms with van der Waals surface area (Å²) in [6.07, 6.45) is 0.632. The van der Waals surface area contributed by atoms with Crippen molar-refractivity contribution in [3.05, 3.63) is 99.3 Å². The summed E-state index contributed by atoms with van der Waals surface area (Å²) in [6.45, 7) is 0.459. The number of H-pyrrole nitrogens is 1. The first kappa shape index (κ1) is 22.5. The third-order valence-electron chi connectivity index (χ3n) is 6.53. The number of hydrogen-bond donors (Lipinski definition) is 1. The van der Waals surface area contributed by atoms with Gasteiger partial charge in [0.2, 0.25) is 0 Å². The molecule has 4 aromatic rings. The summed E-state index contributed by atoms with van der Waals surface area (Å²) < 4.78 is 16.4. The molecule has 0 fully saturated rings. The van der Waals surface area contributed by atoms with Gasteiger partial charge >= 0.3 is 0 Å². The minimum absolute atomic E-state index is 0.134. The number of aromatic amines is 1. The SMILES string of the molecule is COc1ccc2cc([C@H]3c4cc(OC)c(OC)cc4CCN3C(=O)c3ccccc3)c(=O)[nH]c2c1. The number of nitrogens with one attached hydrogen (secondary N) is 1. The number of amides is 1. The molecule has 0 aliphatic carbocycles. The Morgan fingerprint density at radius 1 is 0.886 bits per heavy atom. The van der Waals surface area contributed by atoms with Gasteiger partial charge < -0.3 is 24.1 Å². The molecule has 5 rings (SSSR count). The molecular formula is C28H26N2O5. The molecule has 2 heterocycles. The lowest BCUT2D eigenvalue weighted by molar-refractivity contribution is 0.0693.